The van der Waals surface area contributed by atoms with Crippen molar-refractivity contribution in [3.63, 3.8) is 0 Å². The molecule has 28 heavy (non-hydrogen) atoms. The van der Waals surface area contributed by atoms with Crippen molar-refractivity contribution < 1.29 is 9.53 Å². The Morgan fingerprint density at radius 2 is 2.04 bits per heavy atom. The Hall–Kier alpha value is -1.92. The summed E-state index contributed by atoms with van der Waals surface area (Å²) in [7, 11) is 0. The van der Waals surface area contributed by atoms with Crippen LogP contribution in [0.4, 0.5) is 17.2 Å². The summed E-state index contributed by atoms with van der Waals surface area (Å²) in [5.41, 5.74) is 2.84. The largest absolute Gasteiger partial charge is 0.376 e. The third kappa shape index (κ3) is 4.08. The molecule has 0 radical (unpaired) electrons. The van der Waals surface area contributed by atoms with Crippen LogP contribution in [-0.4, -0.2) is 23.1 Å². The van der Waals surface area contributed by atoms with E-state index in [-0.39, 0.29) is 24.0 Å². The summed E-state index contributed by atoms with van der Waals surface area (Å²) >= 11 is 3.56. The van der Waals surface area contributed by atoms with Gasteiger partial charge in [0.1, 0.15) is 5.82 Å². The number of hydrogen-bond donors (Lipinski definition) is 1. The Kier molecular flexibility index (Phi) is 5.69. The Morgan fingerprint density at radius 1 is 1.25 bits per heavy atom. The van der Waals surface area contributed by atoms with Gasteiger partial charge in [0.25, 0.3) is 0 Å². The molecule has 1 aliphatic carbocycles. The van der Waals surface area contributed by atoms with Crippen LogP contribution in [-0.2, 0) is 16.1 Å². The van der Waals surface area contributed by atoms with E-state index in [4.69, 9.17) is 4.74 Å². The van der Waals surface area contributed by atoms with Crippen molar-refractivity contribution in [3.8, 4) is 0 Å². The van der Waals surface area contributed by atoms with Gasteiger partial charge in [0.05, 0.1) is 30.1 Å². The van der Waals surface area contributed by atoms with Crippen LogP contribution in [0.5, 0.6) is 0 Å². The van der Waals surface area contributed by atoms with E-state index in [0.29, 0.717) is 6.54 Å². The van der Waals surface area contributed by atoms with Gasteiger partial charge in [0.15, 0.2) is 0 Å². The summed E-state index contributed by atoms with van der Waals surface area (Å²) in [6.45, 7) is 4.67. The monoisotopic (exact) mass is 443 g/mol. The van der Waals surface area contributed by atoms with Crippen LogP contribution in [0.25, 0.3) is 0 Å². The number of ether oxygens (including phenoxy) is 1. The molecule has 148 valence electrons. The first kappa shape index (κ1) is 19.4. The first-order valence-electron chi connectivity index (χ1n) is 9.98. The van der Waals surface area contributed by atoms with Crippen LogP contribution in [0.1, 0.15) is 45.1 Å². The minimum absolute atomic E-state index is 0.0389. The Morgan fingerprint density at radius 3 is 2.79 bits per heavy atom. The predicted molar refractivity (Wildman–Crippen MR) is 115 cm³/mol. The van der Waals surface area contributed by atoms with Crippen molar-refractivity contribution in [1.29, 1.82) is 0 Å². The fourth-order valence-electron chi connectivity index (χ4n) is 4.14. The van der Waals surface area contributed by atoms with Crippen LogP contribution in [0.3, 0.4) is 0 Å². The van der Waals surface area contributed by atoms with Gasteiger partial charge in [-0.2, -0.15) is 0 Å². The van der Waals surface area contributed by atoms with E-state index in [2.05, 4.69) is 40.1 Å². The average Bonchev–Trinajstić information content (AvgIpc) is 2.84. The lowest BCUT2D eigenvalue weighted by molar-refractivity contribution is -0.124. The molecule has 0 atom stereocenters. The van der Waals surface area contributed by atoms with E-state index >= 15 is 0 Å². The van der Waals surface area contributed by atoms with Gasteiger partial charge in [0, 0.05) is 22.2 Å². The summed E-state index contributed by atoms with van der Waals surface area (Å²) in [6.07, 6.45) is 5.95. The Bertz CT molecular complexity index is 863. The normalized spacial score (nSPS) is 21.5. The zero-order valence-corrected chi connectivity index (χ0v) is 17.9. The van der Waals surface area contributed by atoms with Gasteiger partial charge in [-0.1, -0.05) is 22.0 Å². The van der Waals surface area contributed by atoms with Gasteiger partial charge in [-0.3, -0.25) is 4.79 Å². The highest BCUT2D eigenvalue weighted by atomic mass is 79.9. The standard InChI is InChI=1S/C22H26BrN3O2/c1-14(2)28-18-8-5-15(6-9-18)22(27)26-13-16-4-3-11-24-21(16)25-19-10-7-17(23)12-20(19)26/h3-4,7,10-12,14-15,18H,5-6,8-9,13H2,1-2H3,(H,24,25). The molecule has 4 rings (SSSR count). The first-order chi connectivity index (χ1) is 13.5. The molecule has 0 bridgehead atoms. The fraction of sp³-hybridized carbons (Fsp3) is 0.455. The summed E-state index contributed by atoms with van der Waals surface area (Å²) in [4.78, 5) is 19.9. The van der Waals surface area contributed by atoms with E-state index in [1.807, 2.05) is 35.2 Å². The van der Waals surface area contributed by atoms with Gasteiger partial charge in [-0.05, 0) is 63.8 Å². The number of amides is 1. The molecule has 0 saturated heterocycles. The minimum atomic E-state index is 0.0389. The van der Waals surface area contributed by atoms with Gasteiger partial charge in [0.2, 0.25) is 5.91 Å². The van der Waals surface area contributed by atoms with E-state index < -0.39 is 0 Å². The molecule has 2 aliphatic rings. The summed E-state index contributed by atoms with van der Waals surface area (Å²) < 4.78 is 6.91. The molecule has 2 aromatic rings. The minimum Gasteiger partial charge on any atom is -0.376 e. The number of rotatable bonds is 3. The molecule has 1 fully saturated rings. The van der Waals surface area contributed by atoms with Crippen LogP contribution >= 0.6 is 15.9 Å². The zero-order valence-electron chi connectivity index (χ0n) is 16.3. The SMILES string of the molecule is CC(C)OC1CCC(C(=O)N2Cc3cccnc3Nc3ccc(Br)cc32)CC1. The lowest BCUT2D eigenvalue weighted by atomic mass is 9.86. The maximum Gasteiger partial charge on any atom is 0.230 e. The lowest BCUT2D eigenvalue weighted by Gasteiger charge is -2.33. The van der Waals surface area contributed by atoms with Crippen molar-refractivity contribution >= 4 is 39.0 Å². The van der Waals surface area contributed by atoms with Crippen LogP contribution in [0.2, 0.25) is 0 Å². The summed E-state index contributed by atoms with van der Waals surface area (Å²) in [5, 5.41) is 3.40. The molecule has 0 unspecified atom stereocenters. The maximum atomic E-state index is 13.5. The molecule has 6 heteroatoms. The van der Waals surface area contributed by atoms with E-state index in [1.54, 1.807) is 6.20 Å². The summed E-state index contributed by atoms with van der Waals surface area (Å²) in [5.74, 6) is 1.05. The van der Waals surface area contributed by atoms with Gasteiger partial charge < -0.3 is 15.0 Å². The highest BCUT2D eigenvalue weighted by Gasteiger charge is 2.33. The number of carbonyl (C=O) groups is 1. The topological polar surface area (TPSA) is 54.5 Å². The number of benzene rings is 1. The molecule has 1 aromatic heterocycles. The number of nitrogens with zero attached hydrogens (tertiary/aromatic N) is 2. The van der Waals surface area contributed by atoms with Crippen molar-refractivity contribution in [2.75, 3.05) is 10.2 Å². The Balaban J connectivity index is 1.59. The summed E-state index contributed by atoms with van der Waals surface area (Å²) in [6, 6.07) is 9.95. The smallest absolute Gasteiger partial charge is 0.230 e. The quantitative estimate of drug-likeness (QED) is 0.687. The predicted octanol–water partition coefficient (Wildman–Crippen LogP) is 5.42. The Labute approximate surface area is 174 Å². The van der Waals surface area contributed by atoms with E-state index in [0.717, 1.165) is 52.9 Å². The van der Waals surface area contributed by atoms with Crippen molar-refractivity contribution in [2.45, 2.75) is 58.3 Å². The molecule has 1 aliphatic heterocycles. The molecule has 1 N–H and O–H groups in total. The highest BCUT2D eigenvalue weighted by Crippen LogP contribution is 2.39. The molecule has 0 spiro atoms. The number of anilines is 3. The second-order valence-corrected chi connectivity index (χ2v) is 8.80. The van der Waals surface area contributed by atoms with Gasteiger partial charge in [-0.15, -0.1) is 0 Å². The molecule has 1 amide bonds. The van der Waals surface area contributed by atoms with Crippen LogP contribution in [0.15, 0.2) is 41.0 Å². The zero-order chi connectivity index (χ0) is 19.7. The molecular formula is C22H26BrN3O2. The van der Waals surface area contributed by atoms with Crippen molar-refractivity contribution in [2.24, 2.45) is 5.92 Å². The van der Waals surface area contributed by atoms with Crippen LogP contribution in [0, 0.1) is 5.92 Å². The lowest BCUT2D eigenvalue weighted by Crippen LogP contribution is -2.38. The van der Waals surface area contributed by atoms with Gasteiger partial charge in [-0.25, -0.2) is 4.98 Å². The van der Waals surface area contributed by atoms with Crippen molar-refractivity contribution in [1.82, 2.24) is 4.98 Å². The maximum absolute atomic E-state index is 13.5. The number of fused-ring (bicyclic) bond motifs is 2. The number of pyridine rings is 1. The fourth-order valence-corrected chi connectivity index (χ4v) is 4.49. The third-order valence-corrected chi connectivity index (χ3v) is 5.97. The number of carbonyl (C=O) groups excluding carboxylic acids is 1. The number of hydrogen-bond acceptors (Lipinski definition) is 4. The number of nitrogens with one attached hydrogen (secondary N) is 1. The molecular weight excluding hydrogens is 418 g/mol. The first-order valence-corrected chi connectivity index (χ1v) is 10.8. The molecule has 2 heterocycles. The second kappa shape index (κ2) is 8.21. The van der Waals surface area contributed by atoms with Gasteiger partial charge >= 0.3 is 0 Å². The van der Waals surface area contributed by atoms with E-state index in [1.165, 1.54) is 0 Å². The average molecular weight is 444 g/mol. The highest BCUT2D eigenvalue weighted by molar-refractivity contribution is 9.10. The number of aromatic nitrogens is 1. The third-order valence-electron chi connectivity index (χ3n) is 5.48. The van der Waals surface area contributed by atoms with E-state index in [9.17, 15) is 4.79 Å². The van der Waals surface area contributed by atoms with Crippen LogP contribution < -0.4 is 10.2 Å². The molecule has 1 aromatic carbocycles. The second-order valence-electron chi connectivity index (χ2n) is 7.88. The van der Waals surface area contributed by atoms with Crippen molar-refractivity contribution in [3.05, 3.63) is 46.6 Å². The molecule has 5 nitrogen and oxygen atoms in total. The number of halogens is 1. The molecule has 1 saturated carbocycles.